The van der Waals surface area contributed by atoms with Crippen LogP contribution in [0.5, 0.6) is 5.75 Å². The molecule has 0 saturated heterocycles. The second-order valence-electron chi connectivity index (χ2n) is 10.6. The van der Waals surface area contributed by atoms with E-state index >= 15 is 0 Å². The first-order chi connectivity index (χ1) is 19.5. The summed E-state index contributed by atoms with van der Waals surface area (Å²) < 4.78 is 44.3. The van der Waals surface area contributed by atoms with Crippen molar-refractivity contribution in [3.8, 4) is 16.9 Å². The lowest BCUT2D eigenvalue weighted by Crippen LogP contribution is -2.38. The Morgan fingerprint density at radius 3 is 2.43 bits per heavy atom. The Labute approximate surface area is 253 Å². The normalized spacial score (nSPS) is 18.6. The highest BCUT2D eigenvalue weighted by molar-refractivity contribution is 7.18. The maximum atomic E-state index is 12.9. The summed E-state index contributed by atoms with van der Waals surface area (Å²) in [7, 11) is 7.30. The fraction of sp³-hybridized carbons (Fsp3) is 0.414. The van der Waals surface area contributed by atoms with Gasteiger partial charge in [0.25, 0.3) is 0 Å². The molecule has 13 heteroatoms. The highest BCUT2D eigenvalue weighted by Gasteiger charge is 2.37. The third-order valence-corrected chi connectivity index (χ3v) is 8.46. The SMILES string of the molecule is COc1cc(-c2ccc(CN[C@H]3C[C@@H](O)[C@@H](N(C)c4ncnc5sc(CC(F)(F)F)cc45)C3)cc2)cnc1N(C)C.Cl. The second kappa shape index (κ2) is 13.0. The Bertz CT molecular complexity index is 1500. The average Bonchev–Trinajstić information content (AvgIpc) is 3.52. The van der Waals surface area contributed by atoms with E-state index in [0.717, 1.165) is 33.8 Å². The number of hydrogen-bond acceptors (Lipinski definition) is 9. The molecule has 42 heavy (non-hydrogen) atoms. The van der Waals surface area contributed by atoms with Gasteiger partial charge in [0.15, 0.2) is 11.6 Å². The standard InChI is InChI=1S/C29H33F3N6O2S.ClH/c1-37(2)27-25(40-4)9-19(15-34-27)18-7-5-17(6-8-18)14-33-20-10-23(24(39)11-20)38(3)26-22-12-21(13-29(30,31)32)41-28(22)36-16-35-26;/h5-9,12,15-16,20,23-24,33,39H,10-11,13-14H2,1-4H3;1H/t20-,23+,24-;/m1./s1. The van der Waals surface area contributed by atoms with Crippen molar-refractivity contribution in [2.75, 3.05) is 38.1 Å². The zero-order chi connectivity index (χ0) is 29.3. The summed E-state index contributed by atoms with van der Waals surface area (Å²) in [5.41, 5.74) is 3.11. The Morgan fingerprint density at radius 1 is 1.02 bits per heavy atom. The van der Waals surface area contributed by atoms with Gasteiger partial charge in [-0.3, -0.25) is 0 Å². The van der Waals surface area contributed by atoms with Crippen LogP contribution in [0.2, 0.25) is 0 Å². The van der Waals surface area contributed by atoms with Crippen LogP contribution in [-0.2, 0) is 13.0 Å². The topological polar surface area (TPSA) is 86.6 Å². The van der Waals surface area contributed by atoms with Crippen LogP contribution in [0, 0.1) is 0 Å². The van der Waals surface area contributed by atoms with E-state index in [-0.39, 0.29) is 29.4 Å². The number of aliphatic hydroxyl groups excluding tert-OH is 1. The van der Waals surface area contributed by atoms with Crippen molar-refractivity contribution in [2.24, 2.45) is 0 Å². The van der Waals surface area contributed by atoms with Gasteiger partial charge in [0, 0.05) is 50.4 Å². The van der Waals surface area contributed by atoms with Gasteiger partial charge in [-0.1, -0.05) is 24.3 Å². The van der Waals surface area contributed by atoms with Crippen LogP contribution in [0.1, 0.15) is 23.3 Å². The Morgan fingerprint density at radius 2 is 1.76 bits per heavy atom. The van der Waals surface area contributed by atoms with Crippen molar-refractivity contribution < 1.29 is 23.0 Å². The summed E-state index contributed by atoms with van der Waals surface area (Å²) in [6.45, 7) is 0.637. The molecule has 1 aliphatic rings. The molecule has 226 valence electrons. The van der Waals surface area contributed by atoms with Gasteiger partial charge >= 0.3 is 6.18 Å². The molecule has 5 rings (SSSR count). The summed E-state index contributed by atoms with van der Waals surface area (Å²) in [5.74, 6) is 2.01. The number of aromatic nitrogens is 3. The van der Waals surface area contributed by atoms with Crippen LogP contribution in [0.3, 0.4) is 0 Å². The monoisotopic (exact) mass is 622 g/mol. The number of alkyl halides is 3. The number of methoxy groups -OCH3 is 1. The molecule has 1 fully saturated rings. The fourth-order valence-corrected chi connectivity index (χ4v) is 6.37. The van der Waals surface area contributed by atoms with Crippen LogP contribution < -0.4 is 19.9 Å². The summed E-state index contributed by atoms with van der Waals surface area (Å²) >= 11 is 1.02. The van der Waals surface area contributed by atoms with Crippen LogP contribution >= 0.6 is 23.7 Å². The smallest absolute Gasteiger partial charge is 0.393 e. The average molecular weight is 623 g/mol. The molecule has 3 heterocycles. The predicted molar refractivity (Wildman–Crippen MR) is 163 cm³/mol. The zero-order valence-corrected chi connectivity index (χ0v) is 25.4. The highest BCUT2D eigenvalue weighted by Crippen LogP contribution is 2.36. The van der Waals surface area contributed by atoms with Crippen LogP contribution in [0.4, 0.5) is 24.8 Å². The lowest BCUT2D eigenvalue weighted by Gasteiger charge is -2.28. The van der Waals surface area contributed by atoms with E-state index in [0.29, 0.717) is 41.2 Å². The van der Waals surface area contributed by atoms with E-state index in [4.69, 9.17) is 4.74 Å². The molecule has 3 atom stereocenters. The van der Waals surface area contributed by atoms with Gasteiger partial charge in [0.05, 0.1) is 31.1 Å². The molecule has 1 aliphatic carbocycles. The molecule has 0 amide bonds. The van der Waals surface area contributed by atoms with Crippen molar-refractivity contribution in [1.82, 2.24) is 20.3 Å². The van der Waals surface area contributed by atoms with Crippen molar-refractivity contribution >= 4 is 45.6 Å². The lowest BCUT2D eigenvalue weighted by atomic mass is 10.0. The summed E-state index contributed by atoms with van der Waals surface area (Å²) in [6.07, 6.45) is -1.46. The molecule has 2 N–H and O–H groups in total. The van der Waals surface area contributed by atoms with E-state index in [1.165, 1.54) is 12.4 Å². The summed E-state index contributed by atoms with van der Waals surface area (Å²) in [4.78, 5) is 17.5. The first-order valence-electron chi connectivity index (χ1n) is 13.3. The third-order valence-electron chi connectivity index (χ3n) is 7.42. The van der Waals surface area contributed by atoms with Gasteiger partial charge in [-0.15, -0.1) is 23.7 Å². The van der Waals surface area contributed by atoms with Gasteiger partial charge in [-0.05, 0) is 36.1 Å². The molecule has 0 bridgehead atoms. The fourth-order valence-electron chi connectivity index (χ4n) is 5.35. The van der Waals surface area contributed by atoms with Crippen molar-refractivity contribution in [3.63, 3.8) is 0 Å². The number of rotatable bonds is 9. The molecular formula is C29H34ClF3N6O2S. The number of hydrogen-bond donors (Lipinski definition) is 2. The van der Waals surface area contributed by atoms with Crippen LogP contribution in [-0.4, -0.2) is 72.7 Å². The van der Waals surface area contributed by atoms with Gasteiger partial charge in [0.1, 0.15) is 17.0 Å². The summed E-state index contributed by atoms with van der Waals surface area (Å²) in [5, 5.41) is 15.0. The van der Waals surface area contributed by atoms with Gasteiger partial charge in [0.2, 0.25) is 0 Å². The van der Waals surface area contributed by atoms with E-state index < -0.39 is 18.7 Å². The number of fused-ring (bicyclic) bond motifs is 1. The maximum Gasteiger partial charge on any atom is 0.393 e. The Hall–Kier alpha value is -3.19. The maximum absolute atomic E-state index is 12.9. The minimum Gasteiger partial charge on any atom is -0.493 e. The molecule has 0 unspecified atom stereocenters. The number of nitrogens with one attached hydrogen (secondary N) is 1. The number of thiophene rings is 1. The van der Waals surface area contributed by atoms with E-state index in [1.54, 1.807) is 7.11 Å². The lowest BCUT2D eigenvalue weighted by molar-refractivity contribution is -0.126. The molecule has 1 saturated carbocycles. The van der Waals surface area contributed by atoms with Gasteiger partial charge in [-0.25, -0.2) is 15.0 Å². The van der Waals surface area contributed by atoms with Crippen molar-refractivity contribution in [1.29, 1.82) is 0 Å². The molecule has 4 aromatic rings. The largest absolute Gasteiger partial charge is 0.493 e. The number of benzene rings is 1. The molecule has 0 aliphatic heterocycles. The molecule has 0 spiro atoms. The van der Waals surface area contributed by atoms with Crippen molar-refractivity contribution in [3.05, 3.63) is 59.4 Å². The third kappa shape index (κ3) is 7.05. The number of likely N-dealkylation sites (N-methyl/N-ethyl adjacent to an activating group) is 1. The number of anilines is 2. The first-order valence-corrected chi connectivity index (χ1v) is 14.1. The van der Waals surface area contributed by atoms with E-state index in [9.17, 15) is 18.3 Å². The Balaban J connectivity index is 0.00000405. The van der Waals surface area contributed by atoms with E-state index in [2.05, 4.69) is 44.5 Å². The zero-order valence-electron chi connectivity index (χ0n) is 23.7. The molecule has 1 aromatic carbocycles. The minimum absolute atomic E-state index is 0. The number of ether oxygens (including phenoxy) is 1. The number of halogens is 4. The molecule has 8 nitrogen and oxygen atoms in total. The van der Waals surface area contributed by atoms with Crippen molar-refractivity contribution in [2.45, 2.75) is 50.2 Å². The Kier molecular flexibility index (Phi) is 9.81. The molecule has 0 radical (unpaired) electrons. The van der Waals surface area contributed by atoms with E-state index in [1.807, 2.05) is 43.2 Å². The second-order valence-corrected chi connectivity index (χ2v) is 11.7. The van der Waals surface area contributed by atoms with Gasteiger partial charge in [-0.2, -0.15) is 13.2 Å². The first kappa shape index (κ1) is 31.7. The van der Waals surface area contributed by atoms with Crippen LogP contribution in [0.15, 0.2) is 48.9 Å². The number of pyridine rings is 1. The quantitative estimate of drug-likeness (QED) is 0.254. The number of aliphatic hydroxyl groups is 1. The summed E-state index contributed by atoms with van der Waals surface area (Å²) in [6, 6.07) is 11.6. The molecule has 3 aromatic heterocycles. The highest BCUT2D eigenvalue weighted by atomic mass is 35.5. The molecular weight excluding hydrogens is 589 g/mol. The van der Waals surface area contributed by atoms with Crippen LogP contribution in [0.25, 0.3) is 21.3 Å². The minimum atomic E-state index is -4.29. The van der Waals surface area contributed by atoms with Gasteiger partial charge < -0.3 is 25.0 Å². The number of nitrogens with zero attached hydrogens (tertiary/aromatic N) is 5. The predicted octanol–water partition coefficient (Wildman–Crippen LogP) is 5.47.